The van der Waals surface area contributed by atoms with Gasteiger partial charge < -0.3 is 10.4 Å². The molecule has 0 radical (unpaired) electrons. The molecule has 18 heavy (non-hydrogen) atoms. The highest BCUT2D eigenvalue weighted by atomic mass is 16.3. The molecule has 2 N–H and O–H groups in total. The Kier molecular flexibility index (Phi) is 4.41. The van der Waals surface area contributed by atoms with E-state index in [4.69, 9.17) is 0 Å². The van der Waals surface area contributed by atoms with Crippen LogP contribution in [0, 0.1) is 19.8 Å². The van der Waals surface area contributed by atoms with Gasteiger partial charge in [-0.3, -0.25) is 0 Å². The molecule has 0 saturated heterocycles. The van der Waals surface area contributed by atoms with E-state index in [2.05, 4.69) is 44.3 Å². The summed E-state index contributed by atoms with van der Waals surface area (Å²) >= 11 is 0. The summed E-state index contributed by atoms with van der Waals surface area (Å²) in [6, 6.07) is 7.01. The highest BCUT2D eigenvalue weighted by Gasteiger charge is 2.25. The van der Waals surface area contributed by atoms with Crippen molar-refractivity contribution in [2.24, 2.45) is 5.92 Å². The third kappa shape index (κ3) is 3.12. The third-order valence-electron chi connectivity index (χ3n) is 4.34. The molecular weight excluding hydrogens is 222 g/mol. The zero-order valence-electron chi connectivity index (χ0n) is 11.7. The van der Waals surface area contributed by atoms with Gasteiger partial charge in [0.25, 0.3) is 0 Å². The molecule has 1 saturated carbocycles. The van der Waals surface area contributed by atoms with Gasteiger partial charge >= 0.3 is 0 Å². The Labute approximate surface area is 110 Å². The smallest absolute Gasteiger partial charge is 0.0580 e. The highest BCUT2D eigenvalue weighted by Crippen LogP contribution is 2.25. The molecule has 1 aromatic rings. The van der Waals surface area contributed by atoms with Crippen LogP contribution in [0.1, 0.15) is 48.9 Å². The molecule has 2 heteroatoms. The Morgan fingerprint density at radius 3 is 2.67 bits per heavy atom. The van der Waals surface area contributed by atoms with E-state index in [-0.39, 0.29) is 6.10 Å². The van der Waals surface area contributed by atoms with Gasteiger partial charge in [0.1, 0.15) is 0 Å². The van der Waals surface area contributed by atoms with Crippen molar-refractivity contribution in [3.05, 3.63) is 34.9 Å². The lowest BCUT2D eigenvalue weighted by Gasteiger charge is -2.20. The molecule has 3 atom stereocenters. The first-order chi connectivity index (χ1) is 8.58. The molecule has 2 rings (SSSR count). The van der Waals surface area contributed by atoms with E-state index in [1.165, 1.54) is 23.1 Å². The summed E-state index contributed by atoms with van der Waals surface area (Å²) in [6.07, 6.45) is 3.22. The molecule has 0 aromatic heterocycles. The molecule has 2 nitrogen and oxygen atoms in total. The zero-order valence-corrected chi connectivity index (χ0v) is 11.7. The Morgan fingerprint density at radius 2 is 2.06 bits per heavy atom. The quantitative estimate of drug-likeness (QED) is 0.857. The van der Waals surface area contributed by atoms with Gasteiger partial charge in [-0.25, -0.2) is 0 Å². The fourth-order valence-corrected chi connectivity index (χ4v) is 2.74. The average Bonchev–Trinajstić information content (AvgIpc) is 2.75. The molecular formula is C16H25NO. The van der Waals surface area contributed by atoms with Crippen LogP contribution in [0.25, 0.3) is 0 Å². The van der Waals surface area contributed by atoms with E-state index >= 15 is 0 Å². The van der Waals surface area contributed by atoms with Crippen LogP contribution >= 0.6 is 0 Å². The minimum Gasteiger partial charge on any atom is -0.393 e. The first kappa shape index (κ1) is 13.6. The molecule has 1 fully saturated rings. The summed E-state index contributed by atoms with van der Waals surface area (Å²) < 4.78 is 0. The minimum atomic E-state index is -0.0931. The topological polar surface area (TPSA) is 32.3 Å². The van der Waals surface area contributed by atoms with E-state index in [0.717, 1.165) is 19.4 Å². The fraction of sp³-hybridized carbons (Fsp3) is 0.625. The van der Waals surface area contributed by atoms with Gasteiger partial charge in [-0.2, -0.15) is 0 Å². The van der Waals surface area contributed by atoms with Crippen molar-refractivity contribution in [3.8, 4) is 0 Å². The predicted octanol–water partition coefficient (Wildman–Crippen LogP) is 3.12. The van der Waals surface area contributed by atoms with Crippen molar-refractivity contribution in [1.29, 1.82) is 0 Å². The number of aryl methyl sites for hydroxylation is 2. The van der Waals surface area contributed by atoms with Crippen molar-refractivity contribution >= 4 is 0 Å². The largest absolute Gasteiger partial charge is 0.393 e. The van der Waals surface area contributed by atoms with Gasteiger partial charge in [0.2, 0.25) is 0 Å². The van der Waals surface area contributed by atoms with Crippen molar-refractivity contribution in [1.82, 2.24) is 5.32 Å². The van der Waals surface area contributed by atoms with E-state index in [1.54, 1.807) is 0 Å². The van der Waals surface area contributed by atoms with Gasteiger partial charge in [-0.05, 0) is 56.2 Å². The SMILES string of the molecule is Cc1ccc(C(C)NCC2CCCC2O)cc1C. The van der Waals surface area contributed by atoms with E-state index in [9.17, 15) is 5.11 Å². The lowest BCUT2D eigenvalue weighted by Crippen LogP contribution is -2.29. The maximum atomic E-state index is 9.81. The van der Waals surface area contributed by atoms with Gasteiger partial charge in [-0.15, -0.1) is 0 Å². The second kappa shape index (κ2) is 5.85. The number of benzene rings is 1. The highest BCUT2D eigenvalue weighted by molar-refractivity contribution is 5.31. The van der Waals surface area contributed by atoms with Crippen LogP contribution in [-0.2, 0) is 0 Å². The van der Waals surface area contributed by atoms with E-state index in [1.807, 2.05) is 0 Å². The van der Waals surface area contributed by atoms with Crippen LogP contribution in [0.5, 0.6) is 0 Å². The first-order valence-corrected chi connectivity index (χ1v) is 7.06. The standard InChI is InChI=1S/C16H25NO/c1-11-7-8-14(9-12(11)2)13(3)17-10-15-5-4-6-16(15)18/h7-9,13,15-18H,4-6,10H2,1-3H3. The lowest BCUT2D eigenvalue weighted by molar-refractivity contribution is 0.130. The number of rotatable bonds is 4. The van der Waals surface area contributed by atoms with Crippen molar-refractivity contribution in [2.75, 3.05) is 6.54 Å². The molecule has 0 bridgehead atoms. The summed E-state index contributed by atoms with van der Waals surface area (Å²) in [4.78, 5) is 0. The maximum absolute atomic E-state index is 9.81. The monoisotopic (exact) mass is 247 g/mol. The Morgan fingerprint density at radius 1 is 1.28 bits per heavy atom. The van der Waals surface area contributed by atoms with Crippen LogP contribution in [0.4, 0.5) is 0 Å². The maximum Gasteiger partial charge on any atom is 0.0580 e. The van der Waals surface area contributed by atoms with Gasteiger partial charge in [0, 0.05) is 12.6 Å². The van der Waals surface area contributed by atoms with Crippen LogP contribution < -0.4 is 5.32 Å². The number of hydrogen-bond donors (Lipinski definition) is 2. The molecule has 100 valence electrons. The summed E-state index contributed by atoms with van der Waals surface area (Å²) in [6.45, 7) is 7.43. The Hall–Kier alpha value is -0.860. The number of aliphatic hydroxyl groups excluding tert-OH is 1. The van der Waals surface area contributed by atoms with E-state index in [0.29, 0.717) is 12.0 Å². The lowest BCUT2D eigenvalue weighted by atomic mass is 10.0. The zero-order chi connectivity index (χ0) is 13.1. The summed E-state index contributed by atoms with van der Waals surface area (Å²) in [5.41, 5.74) is 4.03. The van der Waals surface area contributed by atoms with Crippen LogP contribution in [-0.4, -0.2) is 17.8 Å². The second-order valence-corrected chi connectivity index (χ2v) is 5.73. The van der Waals surface area contributed by atoms with Crippen LogP contribution in [0.15, 0.2) is 18.2 Å². The molecule has 0 amide bonds. The molecule has 0 spiro atoms. The molecule has 0 aliphatic heterocycles. The summed E-state index contributed by atoms with van der Waals surface area (Å²) in [5, 5.41) is 13.4. The molecule has 3 unspecified atom stereocenters. The summed E-state index contributed by atoms with van der Waals surface area (Å²) in [5.74, 6) is 0.444. The fourth-order valence-electron chi connectivity index (χ4n) is 2.74. The Balaban J connectivity index is 1.90. The number of aliphatic hydroxyl groups is 1. The van der Waals surface area contributed by atoms with E-state index < -0.39 is 0 Å². The predicted molar refractivity (Wildman–Crippen MR) is 75.7 cm³/mol. The normalized spacial score (nSPS) is 25.3. The Bertz CT molecular complexity index is 402. The van der Waals surface area contributed by atoms with Crippen molar-refractivity contribution in [2.45, 2.75) is 52.2 Å². The van der Waals surface area contributed by atoms with Gasteiger partial charge in [-0.1, -0.05) is 24.6 Å². The molecule has 1 aliphatic carbocycles. The van der Waals surface area contributed by atoms with Crippen LogP contribution in [0.3, 0.4) is 0 Å². The van der Waals surface area contributed by atoms with Gasteiger partial charge in [0.05, 0.1) is 6.10 Å². The summed E-state index contributed by atoms with van der Waals surface area (Å²) in [7, 11) is 0. The first-order valence-electron chi connectivity index (χ1n) is 7.06. The van der Waals surface area contributed by atoms with Gasteiger partial charge in [0.15, 0.2) is 0 Å². The van der Waals surface area contributed by atoms with Crippen LogP contribution in [0.2, 0.25) is 0 Å². The third-order valence-corrected chi connectivity index (χ3v) is 4.34. The second-order valence-electron chi connectivity index (χ2n) is 5.73. The molecule has 0 heterocycles. The average molecular weight is 247 g/mol. The van der Waals surface area contributed by atoms with Crippen molar-refractivity contribution in [3.63, 3.8) is 0 Å². The number of hydrogen-bond acceptors (Lipinski definition) is 2. The minimum absolute atomic E-state index is 0.0931. The number of nitrogens with one attached hydrogen (secondary N) is 1. The van der Waals surface area contributed by atoms with Crippen molar-refractivity contribution < 1.29 is 5.11 Å². The molecule has 1 aromatic carbocycles. The molecule has 1 aliphatic rings.